The van der Waals surface area contributed by atoms with Crippen molar-refractivity contribution in [2.75, 3.05) is 45.8 Å². The lowest BCUT2D eigenvalue weighted by Crippen LogP contribution is -2.55. The Labute approximate surface area is 198 Å². The average Bonchev–Trinajstić information content (AvgIpc) is 2.77. The quantitative estimate of drug-likeness (QED) is 0.126. The molecule has 0 heterocycles. The van der Waals surface area contributed by atoms with Gasteiger partial charge >= 0.3 is 0 Å². The van der Waals surface area contributed by atoms with Crippen molar-refractivity contribution in [3.05, 3.63) is 25.3 Å². The number of aliphatic hydroxyl groups excluding tert-OH is 1. The lowest BCUT2D eigenvalue weighted by atomic mass is 10.1. The van der Waals surface area contributed by atoms with Crippen LogP contribution in [0.1, 0.15) is 84.0 Å². The second kappa shape index (κ2) is 21.2. The molecule has 182 valence electrons. The van der Waals surface area contributed by atoms with E-state index in [0.717, 1.165) is 30.5 Å². The number of hydrogen-bond acceptors (Lipinski definition) is 4. The standard InChI is InChI=1S/C27H49N4O/c1-4-7-8-9-10-11-12-13-14-15-24-31(22-5-2,23-6-3)26-27(32)25-30(20-16-18-28)21-17-19-29/h5-6,27,32H,2-4,7-17,20-26H2,1H3/q+1. The minimum atomic E-state index is -0.504. The van der Waals surface area contributed by atoms with Gasteiger partial charge in [0, 0.05) is 32.5 Å². The van der Waals surface area contributed by atoms with E-state index in [2.05, 4.69) is 32.2 Å². The molecule has 0 aromatic heterocycles. The maximum atomic E-state index is 10.9. The molecule has 1 unspecified atom stereocenters. The molecule has 0 radical (unpaired) electrons. The van der Waals surface area contributed by atoms with E-state index < -0.39 is 6.10 Å². The zero-order valence-electron chi connectivity index (χ0n) is 20.8. The van der Waals surface area contributed by atoms with Crippen LogP contribution in [0.5, 0.6) is 0 Å². The monoisotopic (exact) mass is 445 g/mol. The van der Waals surface area contributed by atoms with Crippen LogP contribution in [0.4, 0.5) is 0 Å². The highest BCUT2D eigenvalue weighted by Crippen LogP contribution is 2.16. The SMILES string of the molecule is C=CC[N+](CC=C)(CCCCCCCCCCCC)CC(O)CN(CCC#N)CCC#N. The minimum absolute atomic E-state index is 0.413. The molecule has 1 N–H and O–H groups in total. The molecule has 5 nitrogen and oxygen atoms in total. The lowest BCUT2D eigenvalue weighted by molar-refractivity contribution is -0.920. The number of aliphatic hydroxyl groups is 1. The molecule has 0 aromatic rings. The Balaban J connectivity index is 4.59. The van der Waals surface area contributed by atoms with Gasteiger partial charge in [0.15, 0.2) is 0 Å². The number of quaternary nitrogens is 1. The van der Waals surface area contributed by atoms with Crippen LogP contribution in [0, 0.1) is 22.7 Å². The van der Waals surface area contributed by atoms with Crippen molar-refractivity contribution in [3.63, 3.8) is 0 Å². The first-order valence-electron chi connectivity index (χ1n) is 12.8. The van der Waals surface area contributed by atoms with Crippen LogP contribution in [0.3, 0.4) is 0 Å². The predicted molar refractivity (Wildman–Crippen MR) is 135 cm³/mol. The van der Waals surface area contributed by atoms with Gasteiger partial charge in [0.25, 0.3) is 0 Å². The lowest BCUT2D eigenvalue weighted by Gasteiger charge is -2.39. The first-order valence-corrected chi connectivity index (χ1v) is 12.8. The summed E-state index contributed by atoms with van der Waals surface area (Å²) in [5.74, 6) is 0. The summed E-state index contributed by atoms with van der Waals surface area (Å²) in [5.41, 5.74) is 0. The molecule has 0 aromatic carbocycles. The van der Waals surface area contributed by atoms with E-state index in [1.807, 2.05) is 17.1 Å². The molecule has 0 saturated heterocycles. The first kappa shape index (κ1) is 30.3. The molecule has 0 saturated carbocycles. The van der Waals surface area contributed by atoms with Crippen LogP contribution in [0.15, 0.2) is 25.3 Å². The number of nitriles is 2. The van der Waals surface area contributed by atoms with Crippen molar-refractivity contribution >= 4 is 0 Å². The third kappa shape index (κ3) is 16.0. The van der Waals surface area contributed by atoms with Crippen LogP contribution < -0.4 is 0 Å². The Morgan fingerprint density at radius 1 is 0.844 bits per heavy atom. The van der Waals surface area contributed by atoms with Crippen molar-refractivity contribution in [2.45, 2.75) is 90.1 Å². The Hall–Kier alpha value is -1.66. The number of nitrogens with zero attached hydrogens (tertiary/aromatic N) is 4. The topological polar surface area (TPSA) is 71.0 Å². The summed E-state index contributed by atoms with van der Waals surface area (Å²) in [6.07, 6.45) is 17.4. The Kier molecular flexibility index (Phi) is 20.1. The summed E-state index contributed by atoms with van der Waals surface area (Å²) in [7, 11) is 0. The van der Waals surface area contributed by atoms with Crippen LogP contribution in [0.2, 0.25) is 0 Å². The van der Waals surface area contributed by atoms with Crippen LogP contribution in [-0.2, 0) is 0 Å². The van der Waals surface area contributed by atoms with Crippen molar-refractivity contribution in [1.29, 1.82) is 10.5 Å². The molecule has 0 aliphatic rings. The Morgan fingerprint density at radius 3 is 1.75 bits per heavy atom. The fourth-order valence-corrected chi connectivity index (χ4v) is 4.49. The molecule has 0 fully saturated rings. The van der Waals surface area contributed by atoms with E-state index in [1.54, 1.807) is 0 Å². The molecular weight excluding hydrogens is 396 g/mol. The predicted octanol–water partition coefficient (Wildman–Crippen LogP) is 5.59. The molecule has 0 aliphatic carbocycles. The van der Waals surface area contributed by atoms with E-state index in [-0.39, 0.29) is 0 Å². The molecule has 0 aliphatic heterocycles. The molecule has 5 heteroatoms. The first-order chi connectivity index (χ1) is 15.6. The van der Waals surface area contributed by atoms with Gasteiger partial charge < -0.3 is 9.59 Å². The van der Waals surface area contributed by atoms with Gasteiger partial charge in [0.1, 0.15) is 12.6 Å². The molecule has 32 heavy (non-hydrogen) atoms. The summed E-state index contributed by atoms with van der Waals surface area (Å²) < 4.78 is 0.773. The highest BCUT2D eigenvalue weighted by atomic mass is 16.3. The summed E-state index contributed by atoms with van der Waals surface area (Å²) in [6, 6.07) is 4.32. The second-order valence-corrected chi connectivity index (χ2v) is 9.14. The van der Waals surface area contributed by atoms with Crippen LogP contribution >= 0.6 is 0 Å². The molecule has 0 amide bonds. The zero-order valence-corrected chi connectivity index (χ0v) is 20.8. The summed E-state index contributed by atoms with van der Waals surface area (Å²) in [6.45, 7) is 15.2. The van der Waals surface area contributed by atoms with E-state index in [0.29, 0.717) is 39.0 Å². The normalized spacial score (nSPS) is 12.3. The van der Waals surface area contributed by atoms with Crippen LogP contribution in [-0.4, -0.2) is 66.4 Å². The highest BCUT2D eigenvalue weighted by molar-refractivity contribution is 4.79. The molecule has 0 bridgehead atoms. The number of rotatable bonds is 23. The summed E-state index contributed by atoms with van der Waals surface area (Å²) >= 11 is 0. The smallest absolute Gasteiger partial charge is 0.116 e. The Bertz CT molecular complexity index is 521. The average molecular weight is 446 g/mol. The van der Waals surface area contributed by atoms with Gasteiger partial charge in [-0.2, -0.15) is 10.5 Å². The molecule has 0 spiro atoms. The van der Waals surface area contributed by atoms with Gasteiger partial charge in [-0.25, -0.2) is 0 Å². The summed E-state index contributed by atoms with van der Waals surface area (Å²) in [5, 5.41) is 28.7. The van der Waals surface area contributed by atoms with Gasteiger partial charge in [-0.3, -0.25) is 4.90 Å². The third-order valence-corrected chi connectivity index (χ3v) is 6.17. The van der Waals surface area contributed by atoms with Gasteiger partial charge in [0.2, 0.25) is 0 Å². The molecular formula is C27H49N4O+. The number of hydrogen-bond donors (Lipinski definition) is 1. The second-order valence-electron chi connectivity index (χ2n) is 9.14. The molecule has 0 rings (SSSR count). The van der Waals surface area contributed by atoms with Crippen molar-refractivity contribution in [1.82, 2.24) is 4.90 Å². The maximum Gasteiger partial charge on any atom is 0.116 e. The van der Waals surface area contributed by atoms with Gasteiger partial charge in [-0.05, 0) is 25.0 Å². The van der Waals surface area contributed by atoms with Gasteiger partial charge in [-0.1, -0.05) is 71.4 Å². The van der Waals surface area contributed by atoms with Crippen molar-refractivity contribution < 1.29 is 9.59 Å². The summed E-state index contributed by atoms with van der Waals surface area (Å²) in [4.78, 5) is 2.04. The van der Waals surface area contributed by atoms with E-state index in [9.17, 15) is 5.11 Å². The third-order valence-electron chi connectivity index (χ3n) is 6.17. The minimum Gasteiger partial charge on any atom is -0.386 e. The van der Waals surface area contributed by atoms with Crippen molar-refractivity contribution in [2.24, 2.45) is 0 Å². The highest BCUT2D eigenvalue weighted by Gasteiger charge is 2.28. The van der Waals surface area contributed by atoms with E-state index >= 15 is 0 Å². The van der Waals surface area contributed by atoms with Crippen LogP contribution in [0.25, 0.3) is 0 Å². The van der Waals surface area contributed by atoms with Gasteiger partial charge in [0.05, 0.1) is 31.8 Å². The fraction of sp³-hybridized carbons (Fsp3) is 0.778. The van der Waals surface area contributed by atoms with E-state index in [1.165, 1.54) is 57.8 Å². The zero-order chi connectivity index (χ0) is 23.9. The largest absolute Gasteiger partial charge is 0.386 e. The number of unbranched alkanes of at least 4 members (excludes halogenated alkanes) is 9. The maximum absolute atomic E-state index is 10.9. The van der Waals surface area contributed by atoms with Gasteiger partial charge in [-0.15, -0.1) is 0 Å². The van der Waals surface area contributed by atoms with E-state index in [4.69, 9.17) is 10.5 Å². The van der Waals surface area contributed by atoms with Crippen molar-refractivity contribution in [3.8, 4) is 12.1 Å². The molecule has 1 atom stereocenters. The fourth-order valence-electron chi connectivity index (χ4n) is 4.49. The Morgan fingerprint density at radius 2 is 1.31 bits per heavy atom.